The highest BCUT2D eigenvalue weighted by Crippen LogP contribution is 2.12. The first-order chi connectivity index (χ1) is 10.2. The molecule has 0 spiro atoms. The highest BCUT2D eigenvalue weighted by molar-refractivity contribution is 5.81. The molecule has 1 rings (SSSR count). The Morgan fingerprint density at radius 3 is 2.23 bits per heavy atom. The molecule has 5 nitrogen and oxygen atoms in total. The van der Waals surface area contributed by atoms with E-state index in [4.69, 9.17) is 9.47 Å². The molecule has 0 aliphatic heterocycles. The van der Waals surface area contributed by atoms with Gasteiger partial charge in [0.2, 0.25) is 0 Å². The molecule has 0 aliphatic rings. The summed E-state index contributed by atoms with van der Waals surface area (Å²) in [6.45, 7) is 9.20. The first-order valence-electron chi connectivity index (χ1n) is 7.39. The predicted octanol–water partition coefficient (Wildman–Crippen LogP) is 3.28. The number of ether oxygens (including phenoxy) is 2. The van der Waals surface area contributed by atoms with Crippen LogP contribution in [0.25, 0.3) is 0 Å². The van der Waals surface area contributed by atoms with Crippen molar-refractivity contribution in [2.75, 3.05) is 0 Å². The van der Waals surface area contributed by atoms with Crippen LogP contribution in [0.3, 0.4) is 0 Å². The molecule has 122 valence electrons. The van der Waals surface area contributed by atoms with E-state index >= 15 is 0 Å². The molecule has 0 aliphatic carbocycles. The maximum Gasteiger partial charge on any atom is 0.408 e. The van der Waals surface area contributed by atoms with Crippen molar-refractivity contribution in [1.82, 2.24) is 5.32 Å². The third-order valence-electron chi connectivity index (χ3n) is 2.81. The van der Waals surface area contributed by atoms with Gasteiger partial charge in [-0.05, 0) is 32.3 Å². The Morgan fingerprint density at radius 1 is 1.14 bits per heavy atom. The summed E-state index contributed by atoms with van der Waals surface area (Å²) >= 11 is 0. The maximum atomic E-state index is 12.1. The lowest BCUT2D eigenvalue weighted by atomic mass is 10.0. The molecule has 0 bridgehead atoms. The van der Waals surface area contributed by atoms with Crippen LogP contribution in [0, 0.1) is 5.92 Å². The van der Waals surface area contributed by atoms with Gasteiger partial charge in [0.25, 0.3) is 0 Å². The topological polar surface area (TPSA) is 64.6 Å². The Bertz CT molecular complexity index is 491. The first-order valence-corrected chi connectivity index (χ1v) is 7.39. The second-order valence-electron chi connectivity index (χ2n) is 6.46. The van der Waals surface area contributed by atoms with Gasteiger partial charge >= 0.3 is 12.1 Å². The molecule has 1 atom stereocenters. The molecule has 0 saturated heterocycles. The summed E-state index contributed by atoms with van der Waals surface area (Å²) in [5, 5.41) is 2.57. The van der Waals surface area contributed by atoms with Gasteiger partial charge in [-0.1, -0.05) is 44.2 Å². The summed E-state index contributed by atoms with van der Waals surface area (Å²) < 4.78 is 10.4. The van der Waals surface area contributed by atoms with Gasteiger partial charge in [0, 0.05) is 0 Å². The van der Waals surface area contributed by atoms with Gasteiger partial charge in [0.05, 0.1) is 0 Å². The van der Waals surface area contributed by atoms with Gasteiger partial charge in [0.15, 0.2) is 0 Å². The minimum Gasteiger partial charge on any atom is -0.458 e. The fraction of sp³-hybridized carbons (Fsp3) is 0.529. The first kappa shape index (κ1) is 18.0. The van der Waals surface area contributed by atoms with Crippen LogP contribution in [0.4, 0.5) is 4.79 Å². The molecule has 0 unspecified atom stereocenters. The lowest BCUT2D eigenvalue weighted by Gasteiger charge is -2.26. The third kappa shape index (κ3) is 6.61. The van der Waals surface area contributed by atoms with Crippen molar-refractivity contribution in [2.24, 2.45) is 5.92 Å². The molecular weight excluding hydrogens is 282 g/mol. The fourth-order valence-electron chi connectivity index (χ4n) is 1.75. The van der Waals surface area contributed by atoms with Crippen LogP contribution < -0.4 is 5.32 Å². The number of nitrogens with one attached hydrogen (secondary N) is 1. The summed E-state index contributed by atoms with van der Waals surface area (Å²) in [6.07, 6.45) is -0.631. The molecule has 0 aromatic heterocycles. The Balaban J connectivity index is 2.55. The van der Waals surface area contributed by atoms with Crippen molar-refractivity contribution >= 4 is 12.1 Å². The van der Waals surface area contributed by atoms with Gasteiger partial charge in [-0.3, -0.25) is 0 Å². The summed E-state index contributed by atoms with van der Waals surface area (Å²) in [5.74, 6) is -0.557. The highest BCUT2D eigenvalue weighted by atomic mass is 16.6. The second kappa shape index (κ2) is 7.82. The zero-order valence-electron chi connectivity index (χ0n) is 13.9. The average molecular weight is 307 g/mol. The molecule has 5 heteroatoms. The Hall–Kier alpha value is -2.04. The van der Waals surface area contributed by atoms with Gasteiger partial charge in [-0.25, -0.2) is 9.59 Å². The van der Waals surface area contributed by atoms with E-state index in [0.29, 0.717) is 0 Å². The molecular formula is C17H25NO4. The normalized spacial score (nSPS) is 12.6. The van der Waals surface area contributed by atoms with Crippen LogP contribution >= 0.6 is 0 Å². The van der Waals surface area contributed by atoms with E-state index in [1.54, 1.807) is 20.8 Å². The zero-order chi connectivity index (χ0) is 16.8. The van der Waals surface area contributed by atoms with E-state index in [1.165, 1.54) is 0 Å². The second-order valence-corrected chi connectivity index (χ2v) is 6.46. The van der Waals surface area contributed by atoms with Crippen LogP contribution in [-0.4, -0.2) is 23.7 Å². The summed E-state index contributed by atoms with van der Waals surface area (Å²) in [4.78, 5) is 24.0. The lowest BCUT2D eigenvalue weighted by molar-refractivity contribution is -0.158. The quantitative estimate of drug-likeness (QED) is 0.848. The minimum absolute atomic E-state index is 0.0980. The number of amides is 1. The molecule has 1 aromatic carbocycles. The van der Waals surface area contributed by atoms with E-state index in [0.717, 1.165) is 5.56 Å². The van der Waals surface area contributed by atoms with E-state index in [1.807, 2.05) is 44.2 Å². The molecule has 1 amide bonds. The molecule has 22 heavy (non-hydrogen) atoms. The van der Waals surface area contributed by atoms with Gasteiger partial charge in [0.1, 0.15) is 18.2 Å². The minimum atomic E-state index is -0.734. The summed E-state index contributed by atoms with van der Waals surface area (Å²) in [5.41, 5.74) is 0.288. The van der Waals surface area contributed by atoms with Gasteiger partial charge in [-0.2, -0.15) is 0 Å². The number of carbonyl (C=O) groups is 2. The molecule has 0 heterocycles. The van der Waals surface area contributed by atoms with Crippen LogP contribution in [0.1, 0.15) is 40.2 Å². The molecule has 0 saturated carbocycles. The van der Waals surface area contributed by atoms with Crippen LogP contribution in [0.2, 0.25) is 0 Å². The van der Waals surface area contributed by atoms with Gasteiger partial charge < -0.3 is 14.8 Å². The number of hydrogen-bond donors (Lipinski definition) is 1. The van der Waals surface area contributed by atoms with Crippen molar-refractivity contribution in [1.29, 1.82) is 0 Å². The van der Waals surface area contributed by atoms with Crippen molar-refractivity contribution in [3.8, 4) is 0 Å². The summed E-state index contributed by atoms with van der Waals surface area (Å²) in [6, 6.07) is 8.62. The van der Waals surface area contributed by atoms with Crippen LogP contribution in [-0.2, 0) is 20.9 Å². The number of rotatable bonds is 5. The smallest absolute Gasteiger partial charge is 0.408 e. The molecule has 0 fully saturated rings. The van der Waals surface area contributed by atoms with Crippen molar-refractivity contribution in [3.05, 3.63) is 35.9 Å². The van der Waals surface area contributed by atoms with Gasteiger partial charge in [-0.15, -0.1) is 0 Å². The standard InChI is InChI=1S/C17H25NO4/c1-12(2)14(15(19)22-17(3,4)5)18-16(20)21-11-13-9-7-6-8-10-13/h6-10,12,14H,11H2,1-5H3,(H,18,20)/t14-/m1/s1. The van der Waals surface area contributed by atoms with Crippen molar-refractivity contribution in [3.63, 3.8) is 0 Å². The van der Waals surface area contributed by atoms with Crippen LogP contribution in [0.5, 0.6) is 0 Å². The number of benzene rings is 1. The Morgan fingerprint density at radius 2 is 1.73 bits per heavy atom. The Labute approximate surface area is 132 Å². The van der Waals surface area contributed by atoms with E-state index in [2.05, 4.69) is 5.32 Å². The summed E-state index contributed by atoms with van der Waals surface area (Å²) in [7, 11) is 0. The number of hydrogen-bond acceptors (Lipinski definition) is 4. The highest BCUT2D eigenvalue weighted by Gasteiger charge is 2.29. The Kier molecular flexibility index (Phi) is 6.40. The largest absolute Gasteiger partial charge is 0.458 e. The molecule has 0 radical (unpaired) electrons. The van der Waals surface area contributed by atoms with Crippen molar-refractivity contribution in [2.45, 2.75) is 52.9 Å². The fourth-order valence-corrected chi connectivity index (χ4v) is 1.75. The monoisotopic (exact) mass is 307 g/mol. The van der Waals surface area contributed by atoms with Crippen molar-refractivity contribution < 1.29 is 19.1 Å². The van der Waals surface area contributed by atoms with Crippen LogP contribution in [0.15, 0.2) is 30.3 Å². The molecule has 1 N–H and O–H groups in total. The average Bonchev–Trinajstić information content (AvgIpc) is 2.41. The number of esters is 1. The third-order valence-corrected chi connectivity index (χ3v) is 2.81. The molecule has 1 aromatic rings. The SMILES string of the molecule is CC(C)[C@@H](NC(=O)OCc1ccccc1)C(=O)OC(C)(C)C. The predicted molar refractivity (Wildman–Crippen MR) is 84.2 cm³/mol. The van der Waals surface area contributed by atoms with E-state index in [9.17, 15) is 9.59 Å². The lowest BCUT2D eigenvalue weighted by Crippen LogP contribution is -2.47. The van der Waals surface area contributed by atoms with E-state index < -0.39 is 23.7 Å². The zero-order valence-corrected chi connectivity index (χ0v) is 13.9. The number of alkyl carbamates (subject to hydrolysis) is 1. The van der Waals surface area contributed by atoms with E-state index in [-0.39, 0.29) is 12.5 Å². The number of carbonyl (C=O) groups excluding carboxylic acids is 2. The maximum absolute atomic E-state index is 12.1.